The van der Waals surface area contributed by atoms with Gasteiger partial charge in [0.2, 0.25) is 0 Å². The van der Waals surface area contributed by atoms with Gasteiger partial charge in [0.25, 0.3) is 5.95 Å². The van der Waals surface area contributed by atoms with E-state index in [1.165, 1.54) is 11.1 Å². The number of fused-ring (bicyclic) bond motifs is 1. The van der Waals surface area contributed by atoms with Crippen LogP contribution < -0.4 is 0 Å². The summed E-state index contributed by atoms with van der Waals surface area (Å²) in [6, 6.07) is 16.1. The number of halogens is 1. The van der Waals surface area contributed by atoms with Gasteiger partial charge in [-0.2, -0.15) is 0 Å². The summed E-state index contributed by atoms with van der Waals surface area (Å²) in [6.07, 6.45) is 0.741. The third kappa shape index (κ3) is 2.53. The standard InChI is InChI=1S/C17H14ClN5/c1-11-4-2-3-5-14(11)16-10-15(12-6-8-13(18)9-7-12)19-17-20-21-22-23(16)17/h2-9,16H,10H2,1H3. The molecule has 0 spiro atoms. The van der Waals surface area contributed by atoms with Crippen molar-refractivity contribution in [2.75, 3.05) is 0 Å². The van der Waals surface area contributed by atoms with Crippen molar-refractivity contribution in [1.82, 2.24) is 20.2 Å². The Hall–Kier alpha value is -2.53. The first-order valence-electron chi connectivity index (χ1n) is 7.39. The molecule has 0 aliphatic carbocycles. The highest BCUT2D eigenvalue weighted by molar-refractivity contribution is 6.30. The number of tetrazole rings is 1. The Bertz CT molecular complexity index is 882. The molecule has 114 valence electrons. The highest BCUT2D eigenvalue weighted by atomic mass is 35.5. The van der Waals surface area contributed by atoms with Crippen LogP contribution in [0.4, 0.5) is 5.95 Å². The van der Waals surface area contributed by atoms with Crippen LogP contribution in [0.5, 0.6) is 0 Å². The van der Waals surface area contributed by atoms with E-state index in [-0.39, 0.29) is 6.04 Å². The zero-order valence-electron chi connectivity index (χ0n) is 12.5. The van der Waals surface area contributed by atoms with E-state index >= 15 is 0 Å². The molecule has 23 heavy (non-hydrogen) atoms. The lowest BCUT2D eigenvalue weighted by Gasteiger charge is -2.24. The number of hydrogen-bond donors (Lipinski definition) is 0. The first kappa shape index (κ1) is 14.1. The molecule has 1 aromatic heterocycles. The second-order valence-electron chi connectivity index (χ2n) is 5.57. The highest BCUT2D eigenvalue weighted by Gasteiger charge is 2.27. The predicted molar refractivity (Wildman–Crippen MR) is 89.4 cm³/mol. The normalized spacial score (nSPS) is 16.8. The molecular weight excluding hydrogens is 310 g/mol. The Morgan fingerprint density at radius 2 is 1.87 bits per heavy atom. The van der Waals surface area contributed by atoms with Gasteiger partial charge in [-0.25, -0.2) is 9.67 Å². The van der Waals surface area contributed by atoms with Crippen molar-refractivity contribution in [2.24, 2.45) is 4.99 Å². The van der Waals surface area contributed by atoms with Crippen molar-refractivity contribution in [3.8, 4) is 0 Å². The second kappa shape index (κ2) is 5.59. The van der Waals surface area contributed by atoms with Gasteiger partial charge >= 0.3 is 0 Å². The topological polar surface area (TPSA) is 56.0 Å². The fourth-order valence-corrected chi connectivity index (χ4v) is 3.05. The second-order valence-corrected chi connectivity index (χ2v) is 6.00. The van der Waals surface area contributed by atoms with Gasteiger partial charge in [0.1, 0.15) is 0 Å². The molecule has 2 aromatic carbocycles. The van der Waals surface area contributed by atoms with Gasteiger partial charge in [0, 0.05) is 11.4 Å². The van der Waals surface area contributed by atoms with Crippen LogP contribution >= 0.6 is 11.6 Å². The van der Waals surface area contributed by atoms with Gasteiger partial charge in [-0.3, -0.25) is 0 Å². The maximum atomic E-state index is 5.98. The van der Waals surface area contributed by atoms with Crippen molar-refractivity contribution in [3.63, 3.8) is 0 Å². The van der Waals surface area contributed by atoms with Crippen LogP contribution in [0, 0.1) is 6.92 Å². The molecule has 6 heteroatoms. The molecule has 5 nitrogen and oxygen atoms in total. The molecule has 4 rings (SSSR count). The van der Waals surface area contributed by atoms with Crippen LogP contribution in [0.15, 0.2) is 53.5 Å². The molecule has 0 N–H and O–H groups in total. The molecule has 0 saturated carbocycles. The zero-order valence-corrected chi connectivity index (χ0v) is 13.3. The number of aromatic nitrogens is 4. The molecular formula is C17H14ClN5. The van der Waals surface area contributed by atoms with E-state index in [9.17, 15) is 0 Å². The van der Waals surface area contributed by atoms with Gasteiger partial charge in [-0.05, 0) is 46.2 Å². The fourth-order valence-electron chi connectivity index (χ4n) is 2.93. The molecule has 0 bridgehead atoms. The van der Waals surface area contributed by atoms with Crippen LogP contribution in [0.2, 0.25) is 5.02 Å². The van der Waals surface area contributed by atoms with Crippen molar-refractivity contribution >= 4 is 23.3 Å². The average Bonchev–Trinajstić information content (AvgIpc) is 3.04. The molecule has 0 saturated heterocycles. The fraction of sp³-hybridized carbons (Fsp3) is 0.176. The minimum Gasteiger partial charge on any atom is -0.214 e. The maximum Gasteiger partial charge on any atom is 0.269 e. The molecule has 0 amide bonds. The number of hydrogen-bond acceptors (Lipinski definition) is 4. The molecule has 0 fully saturated rings. The molecule has 2 heterocycles. The van der Waals surface area contributed by atoms with Gasteiger partial charge in [0.05, 0.1) is 11.8 Å². The Balaban J connectivity index is 1.81. The van der Waals surface area contributed by atoms with E-state index in [0.29, 0.717) is 11.0 Å². The molecule has 1 aliphatic rings. The number of aryl methyl sites for hydroxylation is 1. The van der Waals surface area contributed by atoms with Crippen molar-refractivity contribution < 1.29 is 0 Å². The third-order valence-electron chi connectivity index (χ3n) is 4.12. The lowest BCUT2D eigenvalue weighted by atomic mass is 9.93. The Morgan fingerprint density at radius 1 is 1.09 bits per heavy atom. The van der Waals surface area contributed by atoms with Crippen LogP contribution in [-0.4, -0.2) is 25.9 Å². The smallest absolute Gasteiger partial charge is 0.214 e. The Kier molecular flexibility index (Phi) is 3.42. The molecule has 1 unspecified atom stereocenters. The summed E-state index contributed by atoms with van der Waals surface area (Å²) < 4.78 is 1.79. The van der Waals surface area contributed by atoms with E-state index in [0.717, 1.165) is 17.7 Å². The van der Waals surface area contributed by atoms with Crippen LogP contribution in [-0.2, 0) is 0 Å². The lowest BCUT2D eigenvalue weighted by Crippen LogP contribution is -2.22. The van der Waals surface area contributed by atoms with Crippen LogP contribution in [0.25, 0.3) is 0 Å². The van der Waals surface area contributed by atoms with Crippen molar-refractivity contribution in [2.45, 2.75) is 19.4 Å². The molecule has 3 aromatic rings. The summed E-state index contributed by atoms with van der Waals surface area (Å²) in [7, 11) is 0. The highest BCUT2D eigenvalue weighted by Crippen LogP contribution is 2.33. The first-order chi connectivity index (χ1) is 11.2. The summed E-state index contributed by atoms with van der Waals surface area (Å²) in [5.74, 6) is 0.537. The average molecular weight is 324 g/mol. The van der Waals surface area contributed by atoms with E-state index in [1.807, 2.05) is 36.4 Å². The Labute approximate surface area is 138 Å². The van der Waals surface area contributed by atoms with Crippen molar-refractivity contribution in [3.05, 3.63) is 70.2 Å². The number of aliphatic imine (C=N–C) groups is 1. The molecule has 0 radical (unpaired) electrons. The lowest BCUT2D eigenvalue weighted by molar-refractivity contribution is 0.513. The monoisotopic (exact) mass is 323 g/mol. The Morgan fingerprint density at radius 3 is 2.65 bits per heavy atom. The SMILES string of the molecule is Cc1ccccc1C1CC(c2ccc(Cl)cc2)=Nc2nnnn21. The van der Waals surface area contributed by atoms with E-state index in [2.05, 4.69) is 39.6 Å². The summed E-state index contributed by atoms with van der Waals surface area (Å²) in [6.45, 7) is 2.10. The molecule has 1 atom stereocenters. The van der Waals surface area contributed by atoms with Gasteiger partial charge in [-0.1, -0.05) is 53.1 Å². The largest absolute Gasteiger partial charge is 0.269 e. The molecule has 1 aliphatic heterocycles. The van der Waals surface area contributed by atoms with E-state index < -0.39 is 0 Å². The third-order valence-corrected chi connectivity index (χ3v) is 4.37. The number of nitrogens with zero attached hydrogens (tertiary/aromatic N) is 5. The summed E-state index contributed by atoms with van der Waals surface area (Å²) in [5, 5.41) is 12.7. The minimum atomic E-state index is 0.0457. The number of rotatable bonds is 2. The maximum absolute atomic E-state index is 5.98. The van der Waals surface area contributed by atoms with Crippen molar-refractivity contribution in [1.29, 1.82) is 0 Å². The van der Waals surface area contributed by atoms with E-state index in [4.69, 9.17) is 11.6 Å². The van der Waals surface area contributed by atoms with Gasteiger partial charge in [0.15, 0.2) is 0 Å². The quantitative estimate of drug-likeness (QED) is 0.721. The number of benzene rings is 2. The van der Waals surface area contributed by atoms with Crippen LogP contribution in [0.1, 0.15) is 29.2 Å². The predicted octanol–water partition coefficient (Wildman–Crippen LogP) is 3.75. The first-order valence-corrected chi connectivity index (χ1v) is 7.77. The zero-order chi connectivity index (χ0) is 15.8. The summed E-state index contributed by atoms with van der Waals surface area (Å²) in [5.41, 5.74) is 4.44. The summed E-state index contributed by atoms with van der Waals surface area (Å²) in [4.78, 5) is 4.61. The van der Waals surface area contributed by atoms with Gasteiger partial charge < -0.3 is 0 Å². The van der Waals surface area contributed by atoms with E-state index in [1.54, 1.807) is 4.68 Å². The minimum absolute atomic E-state index is 0.0457. The van der Waals surface area contributed by atoms with Crippen LogP contribution in [0.3, 0.4) is 0 Å². The summed E-state index contributed by atoms with van der Waals surface area (Å²) >= 11 is 5.98. The van der Waals surface area contributed by atoms with Gasteiger partial charge in [-0.15, -0.1) is 0 Å².